The van der Waals surface area contributed by atoms with Gasteiger partial charge < -0.3 is 25.4 Å². The molecule has 0 aliphatic carbocycles. The molecule has 4 rings (SSSR count). The van der Waals surface area contributed by atoms with Crippen LogP contribution in [0.5, 0.6) is 0 Å². The molecule has 0 spiro atoms. The molecule has 1 amide bonds. The highest BCUT2D eigenvalue weighted by molar-refractivity contribution is 5.96. The molecule has 0 radical (unpaired) electrons. The van der Waals surface area contributed by atoms with Gasteiger partial charge in [-0.25, -0.2) is 4.98 Å². The zero-order valence-electron chi connectivity index (χ0n) is 17.9. The third-order valence-corrected chi connectivity index (χ3v) is 5.74. The summed E-state index contributed by atoms with van der Waals surface area (Å²) in [4.78, 5) is 46.6. The van der Waals surface area contributed by atoms with Crippen LogP contribution in [0.15, 0.2) is 48.8 Å². The number of piperazine rings is 1. The predicted octanol–water partition coefficient (Wildman–Crippen LogP) is 2.31. The highest BCUT2D eigenvalue weighted by Crippen LogP contribution is 2.31. The van der Waals surface area contributed by atoms with Crippen molar-refractivity contribution in [2.24, 2.45) is 0 Å². The Morgan fingerprint density at radius 1 is 1.06 bits per heavy atom. The fraction of sp³-hybridized carbons (Fsp3) is 0.304. The molecule has 2 aromatic heterocycles. The number of rotatable bonds is 8. The molecule has 0 bridgehead atoms. The van der Waals surface area contributed by atoms with E-state index in [4.69, 9.17) is 5.11 Å². The number of benzene rings is 1. The first kappa shape index (κ1) is 22.3. The van der Waals surface area contributed by atoms with Crippen LogP contribution in [0.1, 0.15) is 24.4 Å². The van der Waals surface area contributed by atoms with Crippen LogP contribution < -0.4 is 10.2 Å². The second-order valence-corrected chi connectivity index (χ2v) is 7.90. The Labute approximate surface area is 189 Å². The van der Waals surface area contributed by atoms with Crippen LogP contribution in [-0.4, -0.2) is 69.1 Å². The number of carbonyl (C=O) groups excluding carboxylic acids is 1. The molecular formula is C23H25N5O5. The minimum absolute atomic E-state index is 0.133. The zero-order valence-corrected chi connectivity index (χ0v) is 17.9. The Hall–Kier alpha value is -3.92. The molecule has 33 heavy (non-hydrogen) atoms. The summed E-state index contributed by atoms with van der Waals surface area (Å²) in [5.74, 6) is -1.52. The lowest BCUT2D eigenvalue weighted by molar-refractivity contribution is -0.143. The number of hydrogen-bond donors (Lipinski definition) is 4. The number of nitrogens with one attached hydrogen (secondary N) is 2. The number of H-pyrrole nitrogens is 1. The summed E-state index contributed by atoms with van der Waals surface area (Å²) in [7, 11) is 0. The number of carbonyl (C=O) groups is 3. The van der Waals surface area contributed by atoms with E-state index in [1.165, 1.54) is 0 Å². The van der Waals surface area contributed by atoms with E-state index in [9.17, 15) is 19.5 Å². The van der Waals surface area contributed by atoms with Crippen molar-refractivity contribution in [2.45, 2.75) is 18.9 Å². The summed E-state index contributed by atoms with van der Waals surface area (Å²) in [6, 6.07) is 10.1. The maximum atomic E-state index is 12.3. The summed E-state index contributed by atoms with van der Waals surface area (Å²) in [5.41, 5.74) is 1.86. The SMILES string of the molecule is O=C(O)CCC(=O)Nc1ccc2[nH]cc(C(C(=O)O)N3CCN(c4ccccn4)CC3)c2c1. The molecule has 1 atom stereocenters. The summed E-state index contributed by atoms with van der Waals surface area (Å²) < 4.78 is 0. The normalized spacial score (nSPS) is 15.3. The van der Waals surface area contributed by atoms with Crippen LogP contribution in [0.4, 0.5) is 11.5 Å². The van der Waals surface area contributed by atoms with Crippen LogP contribution in [0.25, 0.3) is 10.9 Å². The number of anilines is 2. The minimum Gasteiger partial charge on any atom is -0.481 e. The van der Waals surface area contributed by atoms with Gasteiger partial charge >= 0.3 is 11.9 Å². The maximum Gasteiger partial charge on any atom is 0.325 e. The van der Waals surface area contributed by atoms with Crippen LogP contribution >= 0.6 is 0 Å². The van der Waals surface area contributed by atoms with E-state index in [0.717, 1.165) is 11.3 Å². The van der Waals surface area contributed by atoms with Gasteiger partial charge in [-0.05, 0) is 30.3 Å². The monoisotopic (exact) mass is 451 g/mol. The number of hydrogen-bond acceptors (Lipinski definition) is 6. The van der Waals surface area contributed by atoms with Gasteiger partial charge in [-0.2, -0.15) is 0 Å². The van der Waals surface area contributed by atoms with Crippen LogP contribution in [0, 0.1) is 0 Å². The molecule has 3 aromatic rings. The van der Waals surface area contributed by atoms with Gasteiger partial charge in [0.2, 0.25) is 5.91 Å². The van der Waals surface area contributed by atoms with Gasteiger partial charge in [0.15, 0.2) is 0 Å². The van der Waals surface area contributed by atoms with E-state index in [1.807, 2.05) is 23.1 Å². The van der Waals surface area contributed by atoms with Crippen LogP contribution in [-0.2, 0) is 14.4 Å². The molecule has 10 nitrogen and oxygen atoms in total. The van der Waals surface area contributed by atoms with Gasteiger partial charge in [-0.15, -0.1) is 0 Å². The van der Waals surface area contributed by atoms with E-state index in [1.54, 1.807) is 30.6 Å². The molecular weight excluding hydrogens is 426 g/mol. The largest absolute Gasteiger partial charge is 0.481 e. The predicted molar refractivity (Wildman–Crippen MR) is 122 cm³/mol. The lowest BCUT2D eigenvalue weighted by Crippen LogP contribution is -2.49. The lowest BCUT2D eigenvalue weighted by atomic mass is 10.0. The number of aromatic nitrogens is 2. The Bertz CT molecular complexity index is 1150. The molecule has 1 aromatic carbocycles. The molecule has 1 aliphatic heterocycles. The molecule has 0 saturated carbocycles. The smallest absolute Gasteiger partial charge is 0.325 e. The number of amides is 1. The van der Waals surface area contributed by atoms with Gasteiger partial charge in [0.25, 0.3) is 0 Å². The third kappa shape index (κ3) is 5.12. The summed E-state index contributed by atoms with van der Waals surface area (Å²) in [6.45, 7) is 2.44. The standard InChI is InChI=1S/C23H25N5O5/c29-20(6-7-21(30)31)26-15-4-5-18-16(13-15)17(14-25-18)22(23(32)33)28-11-9-27(10-12-28)19-3-1-2-8-24-19/h1-5,8,13-14,22,25H,6-7,9-12H2,(H,26,29)(H,30,31)(H,32,33). The number of fused-ring (bicyclic) bond motifs is 1. The number of carboxylic acid groups (broad SMARTS) is 2. The molecule has 1 fully saturated rings. The summed E-state index contributed by atoms with van der Waals surface area (Å²) >= 11 is 0. The topological polar surface area (TPSA) is 139 Å². The van der Waals surface area contributed by atoms with Crippen LogP contribution in [0.3, 0.4) is 0 Å². The van der Waals surface area contributed by atoms with Gasteiger partial charge in [0, 0.05) is 67.1 Å². The molecule has 172 valence electrons. The Balaban J connectivity index is 1.52. The van der Waals surface area contributed by atoms with Crippen molar-refractivity contribution in [1.82, 2.24) is 14.9 Å². The summed E-state index contributed by atoms with van der Waals surface area (Å²) in [5, 5.41) is 22.2. The van der Waals surface area contributed by atoms with Gasteiger partial charge in [-0.1, -0.05) is 6.07 Å². The van der Waals surface area contributed by atoms with Crippen molar-refractivity contribution < 1.29 is 24.6 Å². The quantitative estimate of drug-likeness (QED) is 0.409. The van der Waals surface area contributed by atoms with E-state index in [0.29, 0.717) is 42.8 Å². The Morgan fingerprint density at radius 3 is 2.52 bits per heavy atom. The van der Waals surface area contributed by atoms with E-state index < -0.39 is 23.9 Å². The number of aromatic amines is 1. The first-order valence-electron chi connectivity index (χ1n) is 10.7. The fourth-order valence-electron chi connectivity index (χ4n) is 4.13. The third-order valence-electron chi connectivity index (χ3n) is 5.74. The number of nitrogens with zero attached hydrogens (tertiary/aromatic N) is 3. The van der Waals surface area contributed by atoms with E-state index in [2.05, 4.69) is 20.2 Å². The first-order chi connectivity index (χ1) is 15.9. The van der Waals surface area contributed by atoms with Gasteiger partial charge in [0.05, 0.1) is 6.42 Å². The minimum atomic E-state index is -1.04. The van der Waals surface area contributed by atoms with Crippen molar-refractivity contribution >= 4 is 40.3 Å². The molecule has 10 heteroatoms. The van der Waals surface area contributed by atoms with Crippen molar-refractivity contribution in [3.8, 4) is 0 Å². The first-order valence-corrected chi connectivity index (χ1v) is 10.7. The average Bonchev–Trinajstić information content (AvgIpc) is 3.21. The second kappa shape index (κ2) is 9.70. The van der Waals surface area contributed by atoms with Gasteiger partial charge in [0.1, 0.15) is 11.9 Å². The number of aliphatic carboxylic acids is 2. The summed E-state index contributed by atoms with van der Waals surface area (Å²) in [6.07, 6.45) is 3.05. The number of carboxylic acids is 2. The van der Waals surface area contributed by atoms with Crippen molar-refractivity contribution in [2.75, 3.05) is 36.4 Å². The van der Waals surface area contributed by atoms with Crippen LogP contribution in [0.2, 0.25) is 0 Å². The zero-order chi connectivity index (χ0) is 23.4. The Morgan fingerprint density at radius 2 is 1.85 bits per heavy atom. The second-order valence-electron chi connectivity index (χ2n) is 7.90. The maximum absolute atomic E-state index is 12.3. The van der Waals surface area contributed by atoms with Crippen molar-refractivity contribution in [3.05, 3.63) is 54.4 Å². The average molecular weight is 451 g/mol. The van der Waals surface area contributed by atoms with Crippen molar-refractivity contribution in [1.29, 1.82) is 0 Å². The van der Waals surface area contributed by atoms with E-state index in [-0.39, 0.29) is 12.8 Å². The number of pyridine rings is 1. The fourth-order valence-corrected chi connectivity index (χ4v) is 4.13. The molecule has 1 unspecified atom stereocenters. The highest BCUT2D eigenvalue weighted by Gasteiger charge is 2.32. The molecule has 1 aliphatic rings. The van der Waals surface area contributed by atoms with Gasteiger partial charge in [-0.3, -0.25) is 19.3 Å². The molecule has 1 saturated heterocycles. The van der Waals surface area contributed by atoms with Crippen molar-refractivity contribution in [3.63, 3.8) is 0 Å². The molecule has 3 heterocycles. The Kier molecular flexibility index (Phi) is 6.55. The lowest BCUT2D eigenvalue weighted by Gasteiger charge is -2.38. The molecule has 4 N–H and O–H groups in total. The van der Waals surface area contributed by atoms with E-state index >= 15 is 0 Å². The highest BCUT2D eigenvalue weighted by atomic mass is 16.4.